The number of carbonyl (C=O) groups is 3. The van der Waals surface area contributed by atoms with Crippen molar-refractivity contribution in [2.45, 2.75) is 25.2 Å². The smallest absolute Gasteiger partial charge is 0.407 e. The van der Waals surface area contributed by atoms with Crippen LogP contribution in [0.3, 0.4) is 0 Å². The molecule has 7 nitrogen and oxygen atoms in total. The summed E-state index contributed by atoms with van der Waals surface area (Å²) < 4.78 is 33.7. The quantitative estimate of drug-likeness (QED) is 0.615. The van der Waals surface area contributed by atoms with Crippen LogP contribution < -0.4 is 5.32 Å². The van der Waals surface area contributed by atoms with Crippen molar-refractivity contribution >= 4 is 18.0 Å². The van der Waals surface area contributed by atoms with E-state index in [0.29, 0.717) is 0 Å². The topological polar surface area (TPSA) is 95.9 Å². The first-order valence-electron chi connectivity index (χ1n) is 10.2. The highest BCUT2D eigenvalue weighted by molar-refractivity contribution is 5.85. The summed E-state index contributed by atoms with van der Waals surface area (Å²) in [6.07, 6.45) is -1.51. The lowest BCUT2D eigenvalue weighted by Gasteiger charge is -2.25. The number of alkyl halides is 2. The number of ether oxygens (including phenoxy) is 1. The number of aliphatic carboxylic acids is 1. The van der Waals surface area contributed by atoms with E-state index >= 15 is 0 Å². The van der Waals surface area contributed by atoms with Crippen LogP contribution in [0, 0.1) is 0 Å². The van der Waals surface area contributed by atoms with Gasteiger partial charge >= 0.3 is 18.0 Å². The summed E-state index contributed by atoms with van der Waals surface area (Å²) in [5.41, 5.74) is 4.04. The Bertz CT molecular complexity index is 966. The minimum absolute atomic E-state index is 0.0426. The number of carboxylic acid groups (broad SMARTS) is 1. The lowest BCUT2D eigenvalue weighted by molar-refractivity contribution is -0.157. The zero-order valence-electron chi connectivity index (χ0n) is 17.5. The van der Waals surface area contributed by atoms with Crippen LogP contribution in [0.2, 0.25) is 0 Å². The van der Waals surface area contributed by atoms with Crippen molar-refractivity contribution in [2.75, 3.05) is 26.2 Å². The number of hydrogen-bond donors (Lipinski definition) is 2. The van der Waals surface area contributed by atoms with Crippen LogP contribution in [0.4, 0.5) is 13.6 Å². The van der Waals surface area contributed by atoms with Crippen LogP contribution in [0.15, 0.2) is 48.5 Å². The summed E-state index contributed by atoms with van der Waals surface area (Å²) in [4.78, 5) is 35.5. The van der Waals surface area contributed by atoms with Crippen LogP contribution >= 0.6 is 0 Å². The normalized spacial score (nSPS) is 12.6. The maximum atomic E-state index is 14.3. The van der Waals surface area contributed by atoms with Gasteiger partial charge in [0, 0.05) is 19.0 Å². The van der Waals surface area contributed by atoms with Gasteiger partial charge in [0.2, 0.25) is 0 Å². The minimum atomic E-state index is -3.89. The predicted octanol–water partition coefficient (Wildman–Crippen LogP) is 3.48. The van der Waals surface area contributed by atoms with Gasteiger partial charge in [-0.1, -0.05) is 48.5 Å². The van der Waals surface area contributed by atoms with Crippen molar-refractivity contribution in [2.24, 2.45) is 0 Å². The van der Waals surface area contributed by atoms with E-state index in [4.69, 9.17) is 9.84 Å². The molecule has 1 aliphatic carbocycles. The van der Waals surface area contributed by atoms with Crippen molar-refractivity contribution < 1.29 is 33.0 Å². The molecule has 0 saturated heterocycles. The average Bonchev–Trinajstić information content (AvgIpc) is 3.10. The second-order valence-corrected chi connectivity index (χ2v) is 7.41. The number of fused-ring (bicyclic) bond motifs is 3. The van der Waals surface area contributed by atoms with Crippen molar-refractivity contribution in [1.82, 2.24) is 10.2 Å². The minimum Gasteiger partial charge on any atom is -0.481 e. The molecule has 0 spiro atoms. The number of rotatable bonds is 9. The lowest BCUT2D eigenvalue weighted by atomic mass is 9.98. The highest BCUT2D eigenvalue weighted by Crippen LogP contribution is 2.44. The number of amides is 2. The van der Waals surface area contributed by atoms with Crippen molar-refractivity contribution in [3.05, 3.63) is 59.7 Å². The van der Waals surface area contributed by atoms with Gasteiger partial charge in [-0.25, -0.2) is 4.79 Å². The highest BCUT2D eigenvalue weighted by atomic mass is 19.3. The standard InChI is InChI=1S/C23H24F2N2O5/c1-2-27(12-11-20(28)29)21(30)23(24,25)14-26-22(31)32-13-19-17-9-5-3-7-15(17)16-8-4-6-10-18(16)19/h3-10,19H,2,11-14H2,1H3,(H,26,31)(H,28,29). The Morgan fingerprint density at radius 1 is 1.06 bits per heavy atom. The molecule has 2 amide bonds. The Hall–Kier alpha value is -3.49. The van der Waals surface area contributed by atoms with E-state index in [9.17, 15) is 23.2 Å². The number of carbonyl (C=O) groups excluding carboxylic acids is 2. The SMILES string of the molecule is CCN(CCC(=O)O)C(=O)C(F)(F)CNC(=O)OCC1c2ccccc2-c2ccccc21. The second-order valence-electron chi connectivity index (χ2n) is 7.41. The fourth-order valence-electron chi connectivity index (χ4n) is 3.77. The van der Waals surface area contributed by atoms with Gasteiger partial charge < -0.3 is 20.1 Å². The zero-order chi connectivity index (χ0) is 23.3. The van der Waals surface area contributed by atoms with Gasteiger partial charge in [-0.3, -0.25) is 9.59 Å². The summed E-state index contributed by atoms with van der Waals surface area (Å²) in [5.74, 6) is -6.85. The number of benzene rings is 2. The lowest BCUT2D eigenvalue weighted by Crippen LogP contribution is -2.50. The number of halogens is 2. The molecular weight excluding hydrogens is 422 g/mol. The highest BCUT2D eigenvalue weighted by Gasteiger charge is 2.42. The molecule has 0 heterocycles. The van der Waals surface area contributed by atoms with Crippen molar-refractivity contribution in [3.63, 3.8) is 0 Å². The van der Waals surface area contributed by atoms with E-state index in [2.05, 4.69) is 0 Å². The molecule has 32 heavy (non-hydrogen) atoms. The Balaban J connectivity index is 1.57. The first-order valence-corrected chi connectivity index (χ1v) is 10.2. The van der Waals surface area contributed by atoms with E-state index in [-0.39, 0.29) is 25.6 Å². The number of nitrogens with zero attached hydrogens (tertiary/aromatic N) is 1. The number of carboxylic acids is 1. The molecular formula is C23H24F2N2O5. The maximum absolute atomic E-state index is 14.3. The van der Waals surface area contributed by atoms with Crippen LogP contribution in [0.1, 0.15) is 30.4 Å². The molecule has 0 bridgehead atoms. The molecule has 2 aromatic carbocycles. The summed E-state index contributed by atoms with van der Waals surface area (Å²) in [7, 11) is 0. The largest absolute Gasteiger partial charge is 0.481 e. The monoisotopic (exact) mass is 446 g/mol. The predicted molar refractivity (Wildman–Crippen MR) is 113 cm³/mol. The van der Waals surface area contributed by atoms with E-state index < -0.39 is 36.9 Å². The van der Waals surface area contributed by atoms with E-state index in [0.717, 1.165) is 27.2 Å². The summed E-state index contributed by atoms with van der Waals surface area (Å²) in [5, 5.41) is 10.6. The molecule has 9 heteroatoms. The Kier molecular flexibility index (Phi) is 7.07. The van der Waals surface area contributed by atoms with E-state index in [1.54, 1.807) is 0 Å². The Morgan fingerprint density at radius 2 is 1.62 bits per heavy atom. The molecule has 0 aromatic heterocycles. The van der Waals surface area contributed by atoms with Gasteiger partial charge in [0.05, 0.1) is 13.0 Å². The fourth-order valence-corrected chi connectivity index (χ4v) is 3.77. The molecule has 0 unspecified atom stereocenters. The zero-order valence-corrected chi connectivity index (χ0v) is 17.5. The van der Waals surface area contributed by atoms with Crippen LogP contribution in [0.25, 0.3) is 11.1 Å². The summed E-state index contributed by atoms with van der Waals surface area (Å²) in [6.45, 7) is -0.238. The third-order valence-corrected chi connectivity index (χ3v) is 5.38. The Morgan fingerprint density at radius 3 is 2.16 bits per heavy atom. The molecule has 3 rings (SSSR count). The van der Waals surface area contributed by atoms with E-state index in [1.165, 1.54) is 6.92 Å². The molecule has 0 atom stereocenters. The van der Waals surface area contributed by atoms with Crippen LogP contribution in [0.5, 0.6) is 0 Å². The Labute approximate surface area is 184 Å². The molecule has 2 N–H and O–H groups in total. The molecule has 170 valence electrons. The van der Waals surface area contributed by atoms with Crippen molar-refractivity contribution in [3.8, 4) is 11.1 Å². The van der Waals surface area contributed by atoms with Gasteiger partial charge in [-0.15, -0.1) is 0 Å². The van der Waals surface area contributed by atoms with Crippen LogP contribution in [-0.2, 0) is 14.3 Å². The van der Waals surface area contributed by atoms with Gasteiger partial charge in [0.15, 0.2) is 0 Å². The summed E-state index contributed by atoms with van der Waals surface area (Å²) in [6, 6.07) is 15.4. The van der Waals surface area contributed by atoms with E-state index in [1.807, 2.05) is 53.8 Å². The molecule has 1 aliphatic rings. The third-order valence-electron chi connectivity index (χ3n) is 5.38. The molecule has 0 saturated carbocycles. The second kappa shape index (κ2) is 9.76. The van der Waals surface area contributed by atoms with Gasteiger partial charge in [-0.2, -0.15) is 8.78 Å². The van der Waals surface area contributed by atoms with Gasteiger partial charge in [0.1, 0.15) is 6.61 Å². The number of alkyl carbamates (subject to hydrolysis) is 1. The molecule has 0 fully saturated rings. The maximum Gasteiger partial charge on any atom is 0.407 e. The number of nitrogens with one attached hydrogen (secondary N) is 1. The van der Waals surface area contributed by atoms with Gasteiger partial charge in [0.25, 0.3) is 5.91 Å². The van der Waals surface area contributed by atoms with Gasteiger partial charge in [-0.05, 0) is 29.2 Å². The first-order chi connectivity index (χ1) is 15.2. The third kappa shape index (κ3) is 5.04. The number of hydrogen-bond acceptors (Lipinski definition) is 4. The molecule has 0 aliphatic heterocycles. The molecule has 0 radical (unpaired) electrons. The average molecular weight is 446 g/mol. The first kappa shape index (κ1) is 23.2. The molecule has 2 aromatic rings. The van der Waals surface area contributed by atoms with Crippen LogP contribution in [-0.4, -0.2) is 60.1 Å². The van der Waals surface area contributed by atoms with Crippen molar-refractivity contribution in [1.29, 1.82) is 0 Å². The summed E-state index contributed by atoms with van der Waals surface area (Å²) >= 11 is 0. The fraction of sp³-hybridized carbons (Fsp3) is 0.348.